The molecule has 0 saturated heterocycles. The summed E-state index contributed by atoms with van der Waals surface area (Å²) in [6, 6.07) is 4.53. The van der Waals surface area contributed by atoms with Crippen molar-refractivity contribution in [3.05, 3.63) is 35.1 Å². The summed E-state index contributed by atoms with van der Waals surface area (Å²) in [6.45, 7) is 3.68. The molecule has 0 atom stereocenters. The molecule has 1 aromatic carbocycles. The lowest BCUT2D eigenvalue weighted by Gasteiger charge is -2.02. The number of aromatic nitrogens is 1. The molecular formula is C11H11FN2O. The van der Waals surface area contributed by atoms with Crippen molar-refractivity contribution in [3.63, 3.8) is 0 Å². The van der Waals surface area contributed by atoms with Crippen molar-refractivity contribution in [2.45, 2.75) is 13.8 Å². The molecule has 0 spiro atoms. The minimum absolute atomic E-state index is 0.301. The number of anilines is 1. The highest BCUT2D eigenvalue weighted by Gasteiger charge is 2.14. The van der Waals surface area contributed by atoms with E-state index in [1.54, 1.807) is 13.0 Å². The first-order valence-corrected chi connectivity index (χ1v) is 4.58. The zero-order chi connectivity index (χ0) is 11.0. The van der Waals surface area contributed by atoms with E-state index in [4.69, 9.17) is 10.3 Å². The Morgan fingerprint density at radius 1 is 1.33 bits per heavy atom. The van der Waals surface area contributed by atoms with Crippen molar-refractivity contribution in [2.24, 2.45) is 0 Å². The van der Waals surface area contributed by atoms with Gasteiger partial charge in [-0.2, -0.15) is 0 Å². The van der Waals surface area contributed by atoms with Crippen LogP contribution in [0.5, 0.6) is 0 Å². The van der Waals surface area contributed by atoms with Crippen LogP contribution in [0.15, 0.2) is 22.7 Å². The fourth-order valence-electron chi connectivity index (χ4n) is 1.44. The van der Waals surface area contributed by atoms with Gasteiger partial charge in [0, 0.05) is 11.1 Å². The van der Waals surface area contributed by atoms with E-state index in [9.17, 15) is 4.39 Å². The average molecular weight is 206 g/mol. The van der Waals surface area contributed by atoms with Gasteiger partial charge in [0.25, 0.3) is 0 Å². The summed E-state index contributed by atoms with van der Waals surface area (Å²) < 4.78 is 18.2. The molecule has 0 radical (unpaired) electrons. The van der Waals surface area contributed by atoms with Crippen LogP contribution in [0, 0.1) is 19.7 Å². The molecule has 0 fully saturated rings. The number of aryl methyl sites for hydroxylation is 1. The summed E-state index contributed by atoms with van der Waals surface area (Å²) in [5.74, 6) is 0.572. The summed E-state index contributed by atoms with van der Waals surface area (Å²) in [5, 5.41) is 3.64. The third-order valence-electron chi connectivity index (χ3n) is 2.40. The lowest BCUT2D eigenvalue weighted by Crippen LogP contribution is -1.88. The maximum atomic E-state index is 13.1. The van der Waals surface area contributed by atoms with E-state index in [1.807, 2.05) is 6.92 Å². The van der Waals surface area contributed by atoms with Gasteiger partial charge >= 0.3 is 0 Å². The molecule has 2 rings (SSSR count). The predicted molar refractivity (Wildman–Crippen MR) is 55.8 cm³/mol. The first-order chi connectivity index (χ1) is 7.09. The van der Waals surface area contributed by atoms with Crippen LogP contribution in [0.1, 0.15) is 11.1 Å². The minimum Gasteiger partial charge on any atom is -0.381 e. The van der Waals surface area contributed by atoms with Crippen LogP contribution in [0.4, 0.5) is 10.2 Å². The third-order valence-corrected chi connectivity index (χ3v) is 2.40. The first kappa shape index (κ1) is 9.71. The van der Waals surface area contributed by atoms with Gasteiger partial charge in [-0.05, 0) is 31.5 Å². The molecule has 15 heavy (non-hydrogen) atoms. The maximum Gasteiger partial charge on any atom is 0.172 e. The van der Waals surface area contributed by atoms with Crippen molar-refractivity contribution in [1.82, 2.24) is 5.16 Å². The Balaban J connectivity index is 2.63. The van der Waals surface area contributed by atoms with Crippen molar-refractivity contribution in [3.8, 4) is 11.3 Å². The average Bonchev–Trinajstić information content (AvgIpc) is 2.52. The van der Waals surface area contributed by atoms with E-state index in [0.29, 0.717) is 17.1 Å². The summed E-state index contributed by atoms with van der Waals surface area (Å²) in [4.78, 5) is 0. The highest BCUT2D eigenvalue weighted by atomic mass is 19.1. The first-order valence-electron chi connectivity index (χ1n) is 4.58. The lowest BCUT2D eigenvalue weighted by atomic mass is 10.0. The van der Waals surface area contributed by atoms with Gasteiger partial charge in [-0.1, -0.05) is 11.2 Å². The smallest absolute Gasteiger partial charge is 0.172 e. The number of halogens is 1. The molecule has 0 amide bonds. The second-order valence-electron chi connectivity index (χ2n) is 3.48. The highest BCUT2D eigenvalue weighted by molar-refractivity contribution is 5.68. The van der Waals surface area contributed by atoms with Gasteiger partial charge < -0.3 is 10.3 Å². The Labute approximate surface area is 86.7 Å². The van der Waals surface area contributed by atoms with Crippen LogP contribution < -0.4 is 5.73 Å². The standard InChI is InChI=1S/C11H11FN2O/c1-6-3-4-8(12)5-9(6)10-7(2)11(13)14-15-10/h3-5H,1-2H3,(H2,13,14). The summed E-state index contributed by atoms with van der Waals surface area (Å²) in [6.07, 6.45) is 0. The molecule has 2 N–H and O–H groups in total. The van der Waals surface area contributed by atoms with Gasteiger partial charge in [-0.25, -0.2) is 4.39 Å². The zero-order valence-corrected chi connectivity index (χ0v) is 8.54. The SMILES string of the molecule is Cc1ccc(F)cc1-c1onc(N)c1C. The summed E-state index contributed by atoms with van der Waals surface area (Å²) in [7, 11) is 0. The molecule has 0 aliphatic heterocycles. The predicted octanol–water partition coefficient (Wildman–Crippen LogP) is 2.68. The zero-order valence-electron chi connectivity index (χ0n) is 8.54. The minimum atomic E-state index is -0.301. The molecule has 1 heterocycles. The van der Waals surface area contributed by atoms with E-state index in [-0.39, 0.29) is 5.82 Å². The van der Waals surface area contributed by atoms with Crippen molar-refractivity contribution in [1.29, 1.82) is 0 Å². The van der Waals surface area contributed by atoms with Crippen LogP contribution in [0.3, 0.4) is 0 Å². The van der Waals surface area contributed by atoms with Crippen LogP contribution in [0.2, 0.25) is 0 Å². The van der Waals surface area contributed by atoms with Crippen molar-refractivity contribution >= 4 is 5.82 Å². The van der Waals surface area contributed by atoms with Gasteiger partial charge in [-0.3, -0.25) is 0 Å². The van der Waals surface area contributed by atoms with E-state index in [0.717, 1.165) is 11.1 Å². The number of benzene rings is 1. The normalized spacial score (nSPS) is 10.6. The fraction of sp³-hybridized carbons (Fsp3) is 0.182. The van der Waals surface area contributed by atoms with E-state index in [1.165, 1.54) is 12.1 Å². The number of nitrogen functional groups attached to an aromatic ring is 1. The second-order valence-corrected chi connectivity index (χ2v) is 3.48. The number of nitrogens with zero attached hydrogens (tertiary/aromatic N) is 1. The van der Waals surface area contributed by atoms with Crippen LogP contribution in [-0.2, 0) is 0 Å². The van der Waals surface area contributed by atoms with E-state index < -0.39 is 0 Å². The Bertz CT molecular complexity index is 505. The Morgan fingerprint density at radius 3 is 2.67 bits per heavy atom. The van der Waals surface area contributed by atoms with E-state index in [2.05, 4.69) is 5.16 Å². The highest BCUT2D eigenvalue weighted by Crippen LogP contribution is 2.29. The van der Waals surface area contributed by atoms with Gasteiger partial charge in [0.1, 0.15) is 5.82 Å². The lowest BCUT2D eigenvalue weighted by molar-refractivity contribution is 0.435. The Morgan fingerprint density at radius 2 is 2.07 bits per heavy atom. The fourth-order valence-corrected chi connectivity index (χ4v) is 1.44. The topological polar surface area (TPSA) is 52.0 Å². The quantitative estimate of drug-likeness (QED) is 0.780. The maximum absolute atomic E-state index is 13.1. The van der Waals surface area contributed by atoms with Crippen molar-refractivity contribution in [2.75, 3.05) is 5.73 Å². The molecule has 1 aromatic heterocycles. The molecule has 3 nitrogen and oxygen atoms in total. The largest absolute Gasteiger partial charge is 0.381 e. The molecule has 0 unspecified atom stereocenters. The Kier molecular flexibility index (Phi) is 2.19. The molecule has 4 heteroatoms. The Hall–Kier alpha value is -1.84. The molecule has 2 aromatic rings. The van der Waals surface area contributed by atoms with Gasteiger partial charge in [0.2, 0.25) is 0 Å². The molecule has 0 aliphatic rings. The number of hydrogen-bond donors (Lipinski definition) is 1. The van der Waals surface area contributed by atoms with Crippen LogP contribution in [0.25, 0.3) is 11.3 Å². The molecule has 0 aliphatic carbocycles. The number of rotatable bonds is 1. The summed E-state index contributed by atoms with van der Waals surface area (Å²) in [5.41, 5.74) is 7.92. The molecular weight excluding hydrogens is 195 g/mol. The van der Waals surface area contributed by atoms with Gasteiger partial charge in [-0.15, -0.1) is 0 Å². The molecule has 0 saturated carbocycles. The van der Waals surface area contributed by atoms with E-state index >= 15 is 0 Å². The third kappa shape index (κ3) is 1.58. The van der Waals surface area contributed by atoms with Crippen LogP contribution in [-0.4, -0.2) is 5.16 Å². The van der Waals surface area contributed by atoms with Crippen LogP contribution >= 0.6 is 0 Å². The van der Waals surface area contributed by atoms with Gasteiger partial charge in [0.05, 0.1) is 0 Å². The molecule has 78 valence electrons. The molecule has 0 bridgehead atoms. The second kappa shape index (κ2) is 3.38. The van der Waals surface area contributed by atoms with Crippen molar-refractivity contribution < 1.29 is 8.91 Å². The summed E-state index contributed by atoms with van der Waals surface area (Å²) >= 11 is 0. The monoisotopic (exact) mass is 206 g/mol. The van der Waals surface area contributed by atoms with Gasteiger partial charge in [0.15, 0.2) is 11.6 Å². The number of hydrogen-bond acceptors (Lipinski definition) is 3. The number of nitrogens with two attached hydrogens (primary N) is 1.